The molecule has 10 heteroatoms. The molecule has 2 aromatic rings. The number of rotatable bonds is 19. The van der Waals surface area contributed by atoms with Crippen molar-refractivity contribution in [2.45, 2.75) is 147 Å². The summed E-state index contributed by atoms with van der Waals surface area (Å²) in [6.45, 7) is 23.8. The lowest BCUT2D eigenvalue weighted by atomic mass is 9.47. The first kappa shape index (κ1) is 44.4. The molecule has 8 rings (SSSR count). The Morgan fingerprint density at radius 1 is 0.897 bits per heavy atom. The van der Waals surface area contributed by atoms with Crippen LogP contribution in [0.25, 0.3) is 0 Å². The van der Waals surface area contributed by atoms with Gasteiger partial charge in [0.25, 0.3) is 8.32 Å². The van der Waals surface area contributed by atoms with Gasteiger partial charge in [-0.2, -0.15) is 0 Å². The zero-order valence-electron chi connectivity index (χ0n) is 37.1. The van der Waals surface area contributed by atoms with Crippen LogP contribution in [0.15, 0.2) is 72.8 Å². The van der Waals surface area contributed by atoms with E-state index in [1.807, 2.05) is 6.92 Å². The summed E-state index contributed by atoms with van der Waals surface area (Å²) in [4.78, 5) is 0. The molecular formula is C48H74O8Si2. The van der Waals surface area contributed by atoms with Gasteiger partial charge >= 0.3 is 0 Å². The molecule has 2 heterocycles. The number of hydrogen-bond donors (Lipinski definition) is 1. The van der Waals surface area contributed by atoms with E-state index >= 15 is 0 Å². The van der Waals surface area contributed by atoms with Crippen molar-refractivity contribution in [1.82, 2.24) is 0 Å². The van der Waals surface area contributed by atoms with Crippen LogP contribution in [0, 0.1) is 29.1 Å². The molecule has 2 spiro atoms. The van der Waals surface area contributed by atoms with Crippen LogP contribution in [0.1, 0.15) is 86.5 Å². The van der Waals surface area contributed by atoms with Crippen LogP contribution in [-0.2, 0) is 32.8 Å². The summed E-state index contributed by atoms with van der Waals surface area (Å²) in [5, 5.41) is 15.5. The molecule has 6 fully saturated rings. The first-order valence-electron chi connectivity index (χ1n) is 22.4. The third kappa shape index (κ3) is 8.30. The lowest BCUT2D eigenvalue weighted by Crippen LogP contribution is -2.70. The molecule has 1 unspecified atom stereocenters. The lowest BCUT2D eigenvalue weighted by molar-refractivity contribution is -0.240. The standard InChI is InChI=1S/C48H74O8Si2/c1-10-52-41-32-46(34-53-41)33-47(49)31-40-38(26-28-50-35-51-29-30-57(7,8)9)39(42(47)48(46)43(40)55-45(5,6)56-48)25-19-11-12-20-27-54-58(44(2,3)4,36-21-15-13-16-22-36)37-23-17-14-18-24-37/h13-19,21-25,38-43,49H,10-12,20,26-35H2,1-9H3/b25-19+/t38-,39-,40-,41?,42-,43+,46-,47+,48-/m0/s1. The minimum atomic E-state index is -2.57. The van der Waals surface area contributed by atoms with Gasteiger partial charge in [0.05, 0.1) is 18.3 Å². The Bertz CT molecular complexity index is 1640. The second-order valence-electron chi connectivity index (χ2n) is 20.9. The van der Waals surface area contributed by atoms with Gasteiger partial charge < -0.3 is 38.0 Å². The first-order valence-corrected chi connectivity index (χ1v) is 28.0. The summed E-state index contributed by atoms with van der Waals surface area (Å²) < 4.78 is 45.9. The van der Waals surface area contributed by atoms with Gasteiger partial charge in [-0.05, 0) is 98.5 Å². The molecule has 322 valence electrons. The van der Waals surface area contributed by atoms with Crippen molar-refractivity contribution in [3.8, 4) is 0 Å². The highest BCUT2D eigenvalue weighted by molar-refractivity contribution is 6.99. The van der Waals surface area contributed by atoms with Gasteiger partial charge in [-0.3, -0.25) is 0 Å². The van der Waals surface area contributed by atoms with Crippen LogP contribution in [0.5, 0.6) is 0 Å². The molecule has 2 aliphatic heterocycles. The molecule has 6 aliphatic rings. The monoisotopic (exact) mass is 834 g/mol. The number of ether oxygens (including phenoxy) is 6. The zero-order chi connectivity index (χ0) is 41.5. The maximum atomic E-state index is 12.9. The molecule has 0 aromatic heterocycles. The van der Waals surface area contributed by atoms with Gasteiger partial charge in [-0.15, -0.1) is 0 Å². The highest BCUT2D eigenvalue weighted by atomic mass is 28.4. The fourth-order valence-electron chi connectivity index (χ4n) is 12.2. The Morgan fingerprint density at radius 3 is 2.21 bits per heavy atom. The third-order valence-electron chi connectivity index (χ3n) is 14.2. The highest BCUT2D eigenvalue weighted by Gasteiger charge is 2.85. The van der Waals surface area contributed by atoms with Gasteiger partial charge in [0, 0.05) is 52.3 Å². The summed E-state index contributed by atoms with van der Waals surface area (Å²) in [6, 6.07) is 23.0. The van der Waals surface area contributed by atoms with Crippen LogP contribution in [0.4, 0.5) is 0 Å². The predicted molar refractivity (Wildman–Crippen MR) is 235 cm³/mol. The van der Waals surface area contributed by atoms with Crippen molar-refractivity contribution in [1.29, 1.82) is 0 Å². The molecule has 4 bridgehead atoms. The summed E-state index contributed by atoms with van der Waals surface area (Å²) >= 11 is 0. The number of fused-ring (bicyclic) bond motifs is 1. The maximum absolute atomic E-state index is 12.9. The van der Waals surface area contributed by atoms with E-state index < -0.39 is 33.4 Å². The quantitative estimate of drug-likeness (QED) is 0.0652. The molecular weight excluding hydrogens is 761 g/mol. The van der Waals surface area contributed by atoms with E-state index in [9.17, 15) is 5.11 Å². The number of aliphatic hydroxyl groups is 1. The fourth-order valence-corrected chi connectivity index (χ4v) is 17.5. The fraction of sp³-hybridized carbons (Fsp3) is 0.708. The molecule has 2 aromatic carbocycles. The SMILES string of the molecule is CCOC1C[C@@]2(CO1)C[C@]1(O)C[C@H]3[C@@H](CCOCOCC[Si](C)(C)C)[C@H](/C=C/CCCCO[Si](c4ccccc4)(c4ccccc4)C(C)(C)C)[C@@H]1[C@@]21OC(C)(C)O[C@H]31. The Balaban J connectivity index is 1.08. The van der Waals surface area contributed by atoms with E-state index in [2.05, 4.69) is 127 Å². The molecule has 9 atom stereocenters. The Kier molecular flexibility index (Phi) is 13.2. The van der Waals surface area contributed by atoms with Crippen molar-refractivity contribution in [2.75, 3.05) is 39.8 Å². The molecule has 2 saturated heterocycles. The largest absolute Gasteiger partial charge is 0.407 e. The van der Waals surface area contributed by atoms with Crippen LogP contribution < -0.4 is 10.4 Å². The predicted octanol–water partition coefficient (Wildman–Crippen LogP) is 8.69. The molecule has 4 saturated carbocycles. The molecule has 8 nitrogen and oxygen atoms in total. The van der Waals surface area contributed by atoms with Crippen LogP contribution in [-0.4, -0.2) is 90.7 Å². The number of allylic oxidation sites excluding steroid dienone is 2. The molecule has 0 amide bonds. The van der Waals surface area contributed by atoms with E-state index in [0.717, 1.165) is 38.3 Å². The van der Waals surface area contributed by atoms with Crippen molar-refractivity contribution in [3.05, 3.63) is 72.8 Å². The smallest absolute Gasteiger partial charge is 0.261 e. The van der Waals surface area contributed by atoms with Crippen molar-refractivity contribution >= 4 is 26.8 Å². The van der Waals surface area contributed by atoms with Crippen molar-refractivity contribution in [3.63, 3.8) is 0 Å². The number of unbranched alkanes of at least 4 members (excludes halogenated alkanes) is 2. The van der Waals surface area contributed by atoms with Gasteiger partial charge in [-0.1, -0.05) is 113 Å². The van der Waals surface area contributed by atoms with E-state index in [1.54, 1.807) is 0 Å². The van der Waals surface area contributed by atoms with Gasteiger partial charge in [0.15, 0.2) is 12.1 Å². The summed E-state index contributed by atoms with van der Waals surface area (Å²) in [7, 11) is -3.73. The van der Waals surface area contributed by atoms with Crippen LogP contribution in [0.3, 0.4) is 0 Å². The number of hydrogen-bond acceptors (Lipinski definition) is 8. The summed E-state index contributed by atoms with van der Waals surface area (Å²) in [5.41, 5.74) is -1.91. The maximum Gasteiger partial charge on any atom is 0.261 e. The lowest BCUT2D eigenvalue weighted by Gasteiger charge is -2.61. The van der Waals surface area contributed by atoms with Gasteiger partial charge in [0.2, 0.25) is 0 Å². The molecule has 4 aliphatic carbocycles. The van der Waals surface area contributed by atoms with Crippen molar-refractivity contribution < 1.29 is 38.0 Å². The molecule has 1 N–H and O–H groups in total. The van der Waals surface area contributed by atoms with E-state index in [-0.39, 0.29) is 46.5 Å². The normalized spacial score (nSPS) is 34.1. The van der Waals surface area contributed by atoms with Crippen LogP contribution >= 0.6 is 0 Å². The average Bonchev–Trinajstić information content (AvgIpc) is 3.76. The first-order chi connectivity index (χ1) is 27.5. The summed E-state index contributed by atoms with van der Waals surface area (Å²) in [6.07, 6.45) is 10.3. The number of benzene rings is 2. The van der Waals surface area contributed by atoms with E-state index in [4.69, 9.17) is 32.8 Å². The second kappa shape index (κ2) is 17.2. The Morgan fingerprint density at radius 2 is 1.57 bits per heavy atom. The minimum Gasteiger partial charge on any atom is -0.407 e. The van der Waals surface area contributed by atoms with Crippen molar-refractivity contribution in [2.24, 2.45) is 29.1 Å². The van der Waals surface area contributed by atoms with Crippen LogP contribution in [0.2, 0.25) is 30.7 Å². The molecule has 58 heavy (non-hydrogen) atoms. The topological polar surface area (TPSA) is 84.8 Å². The van der Waals surface area contributed by atoms with Gasteiger partial charge in [0.1, 0.15) is 12.4 Å². The van der Waals surface area contributed by atoms with E-state index in [0.29, 0.717) is 52.5 Å². The summed E-state index contributed by atoms with van der Waals surface area (Å²) in [5.74, 6) is -0.338. The van der Waals surface area contributed by atoms with E-state index in [1.165, 1.54) is 10.4 Å². The minimum absolute atomic E-state index is 0.0450. The zero-order valence-corrected chi connectivity index (χ0v) is 39.1. The Labute approximate surface area is 351 Å². The second-order valence-corrected chi connectivity index (χ2v) is 30.8. The van der Waals surface area contributed by atoms with Gasteiger partial charge in [-0.25, -0.2) is 0 Å². The third-order valence-corrected chi connectivity index (χ3v) is 21.0. The highest BCUT2D eigenvalue weighted by Crippen LogP contribution is 2.77. The molecule has 0 radical (unpaired) electrons. The Hall–Kier alpha value is -1.71. The average molecular weight is 835 g/mol.